The minimum atomic E-state index is -0.373. The van der Waals surface area contributed by atoms with E-state index >= 15 is 0 Å². The van der Waals surface area contributed by atoms with Gasteiger partial charge in [0.15, 0.2) is 11.6 Å². The van der Waals surface area contributed by atoms with E-state index in [9.17, 15) is 9.50 Å². The van der Waals surface area contributed by atoms with Gasteiger partial charge >= 0.3 is 0 Å². The number of nitrogens with one attached hydrogen (secondary N) is 1. The van der Waals surface area contributed by atoms with Gasteiger partial charge in [-0.1, -0.05) is 24.3 Å². The molecule has 94 valence electrons. The van der Waals surface area contributed by atoms with Gasteiger partial charge in [0.2, 0.25) is 0 Å². The molecule has 0 aliphatic rings. The maximum atomic E-state index is 13.6. The minimum absolute atomic E-state index is 0.0848. The highest BCUT2D eigenvalue weighted by Gasteiger charge is 2.12. The van der Waals surface area contributed by atoms with Crippen LogP contribution < -0.4 is 0 Å². The summed E-state index contributed by atoms with van der Waals surface area (Å²) in [6, 6.07) is 13.0. The van der Waals surface area contributed by atoms with Crippen molar-refractivity contribution in [3.63, 3.8) is 0 Å². The summed E-state index contributed by atoms with van der Waals surface area (Å²) in [4.78, 5) is 4.21. The number of phenolic OH excluding ortho intramolecular Hbond substituents is 1. The molecule has 0 unspecified atom stereocenters. The molecule has 4 nitrogen and oxygen atoms in total. The predicted octanol–water partition coefficient (Wildman–Crippen LogP) is 2.98. The first-order chi connectivity index (χ1) is 9.25. The average Bonchev–Trinajstić information content (AvgIpc) is 2.89. The lowest BCUT2D eigenvalue weighted by Gasteiger charge is -1.98. The lowest BCUT2D eigenvalue weighted by Crippen LogP contribution is -1.85. The molecule has 2 N–H and O–H groups in total. The molecule has 3 aromatic rings. The van der Waals surface area contributed by atoms with Crippen LogP contribution in [0.25, 0.3) is 22.8 Å². The molecule has 0 atom stereocenters. The first-order valence-corrected chi connectivity index (χ1v) is 5.71. The Labute approximate surface area is 108 Å². The number of rotatable bonds is 2. The van der Waals surface area contributed by atoms with Crippen LogP contribution in [0.4, 0.5) is 4.39 Å². The van der Waals surface area contributed by atoms with Gasteiger partial charge in [-0.15, -0.1) is 0 Å². The highest BCUT2D eigenvalue weighted by atomic mass is 19.1. The van der Waals surface area contributed by atoms with E-state index in [2.05, 4.69) is 15.2 Å². The lowest BCUT2D eigenvalue weighted by atomic mass is 10.2. The molecule has 0 aliphatic carbocycles. The summed E-state index contributed by atoms with van der Waals surface area (Å²) >= 11 is 0. The Morgan fingerprint density at radius 1 is 0.947 bits per heavy atom. The van der Waals surface area contributed by atoms with Gasteiger partial charge in [-0.2, -0.15) is 5.10 Å². The number of aromatic nitrogens is 3. The normalized spacial score (nSPS) is 10.6. The summed E-state index contributed by atoms with van der Waals surface area (Å²) in [6.07, 6.45) is 0. The molecule has 1 heterocycles. The second-order valence-electron chi connectivity index (χ2n) is 4.00. The van der Waals surface area contributed by atoms with Crippen molar-refractivity contribution in [2.45, 2.75) is 0 Å². The Morgan fingerprint density at radius 2 is 1.63 bits per heavy atom. The lowest BCUT2D eigenvalue weighted by molar-refractivity contribution is 0.477. The number of H-pyrrole nitrogens is 1. The number of aromatic amines is 1. The molecule has 19 heavy (non-hydrogen) atoms. The Hall–Kier alpha value is -2.69. The van der Waals surface area contributed by atoms with Crippen molar-refractivity contribution >= 4 is 0 Å². The summed E-state index contributed by atoms with van der Waals surface area (Å²) in [6.45, 7) is 0. The molecule has 0 spiro atoms. The van der Waals surface area contributed by atoms with Crippen LogP contribution in [0.1, 0.15) is 0 Å². The van der Waals surface area contributed by atoms with Crippen molar-refractivity contribution in [1.29, 1.82) is 0 Å². The van der Waals surface area contributed by atoms with Gasteiger partial charge in [0.05, 0.1) is 11.1 Å². The van der Waals surface area contributed by atoms with Crippen molar-refractivity contribution < 1.29 is 9.50 Å². The van der Waals surface area contributed by atoms with Crippen LogP contribution in [0.3, 0.4) is 0 Å². The molecule has 0 aliphatic heterocycles. The second-order valence-corrected chi connectivity index (χ2v) is 4.00. The summed E-state index contributed by atoms with van der Waals surface area (Å²) in [5, 5.41) is 16.4. The minimum Gasteiger partial charge on any atom is -0.507 e. The third kappa shape index (κ3) is 2.06. The van der Waals surface area contributed by atoms with E-state index in [1.807, 2.05) is 0 Å². The van der Waals surface area contributed by atoms with Crippen molar-refractivity contribution in [2.75, 3.05) is 0 Å². The Morgan fingerprint density at radius 3 is 2.37 bits per heavy atom. The van der Waals surface area contributed by atoms with E-state index in [0.717, 1.165) is 0 Å². The van der Waals surface area contributed by atoms with Crippen LogP contribution in [-0.4, -0.2) is 20.3 Å². The molecule has 0 amide bonds. The van der Waals surface area contributed by atoms with E-state index in [0.29, 0.717) is 22.8 Å². The van der Waals surface area contributed by atoms with Crippen LogP contribution in [0, 0.1) is 5.82 Å². The maximum absolute atomic E-state index is 13.6. The number of phenols is 1. The zero-order valence-corrected chi connectivity index (χ0v) is 9.84. The van der Waals surface area contributed by atoms with E-state index in [1.165, 1.54) is 6.07 Å². The summed E-state index contributed by atoms with van der Waals surface area (Å²) in [5.74, 6) is 0.372. The van der Waals surface area contributed by atoms with E-state index in [4.69, 9.17) is 0 Å². The number of benzene rings is 2. The van der Waals surface area contributed by atoms with E-state index in [-0.39, 0.29) is 11.6 Å². The van der Waals surface area contributed by atoms with Crippen LogP contribution >= 0.6 is 0 Å². The molecule has 1 aromatic heterocycles. The fraction of sp³-hybridized carbons (Fsp3) is 0. The summed E-state index contributed by atoms with van der Waals surface area (Å²) in [7, 11) is 0. The number of hydrogen-bond acceptors (Lipinski definition) is 3. The van der Waals surface area contributed by atoms with Crippen LogP contribution in [0.5, 0.6) is 5.75 Å². The number of halogens is 1. The van der Waals surface area contributed by atoms with E-state index in [1.54, 1.807) is 42.5 Å². The van der Waals surface area contributed by atoms with Crippen molar-refractivity contribution in [3.8, 4) is 28.5 Å². The average molecular weight is 255 g/mol. The fourth-order valence-corrected chi connectivity index (χ4v) is 1.82. The van der Waals surface area contributed by atoms with Gasteiger partial charge in [0.25, 0.3) is 0 Å². The first-order valence-electron chi connectivity index (χ1n) is 5.71. The van der Waals surface area contributed by atoms with Gasteiger partial charge in [0, 0.05) is 0 Å². The molecule has 0 fully saturated rings. The predicted molar refractivity (Wildman–Crippen MR) is 68.9 cm³/mol. The largest absolute Gasteiger partial charge is 0.507 e. The third-order valence-corrected chi connectivity index (χ3v) is 2.76. The van der Waals surface area contributed by atoms with Crippen LogP contribution in [0.15, 0.2) is 48.5 Å². The van der Waals surface area contributed by atoms with Gasteiger partial charge < -0.3 is 5.11 Å². The van der Waals surface area contributed by atoms with Crippen molar-refractivity contribution in [3.05, 3.63) is 54.3 Å². The molecule has 0 saturated heterocycles. The zero-order valence-electron chi connectivity index (χ0n) is 9.84. The molecule has 0 saturated carbocycles. The molecule has 0 radical (unpaired) electrons. The Bertz CT molecular complexity index is 664. The summed E-state index contributed by atoms with van der Waals surface area (Å²) < 4.78 is 13.6. The molecule has 3 rings (SSSR count). The number of aromatic hydroxyl groups is 1. The van der Waals surface area contributed by atoms with Gasteiger partial charge in [-0.3, -0.25) is 5.10 Å². The van der Waals surface area contributed by atoms with Gasteiger partial charge in [0.1, 0.15) is 11.6 Å². The monoisotopic (exact) mass is 255 g/mol. The highest BCUT2D eigenvalue weighted by Crippen LogP contribution is 2.27. The quantitative estimate of drug-likeness (QED) is 0.740. The van der Waals surface area contributed by atoms with E-state index < -0.39 is 0 Å². The number of para-hydroxylation sites is 1. The van der Waals surface area contributed by atoms with Crippen molar-refractivity contribution in [1.82, 2.24) is 15.2 Å². The highest BCUT2D eigenvalue weighted by molar-refractivity contribution is 5.66. The smallest absolute Gasteiger partial charge is 0.185 e. The fourth-order valence-electron chi connectivity index (χ4n) is 1.82. The molecule has 5 heteroatoms. The number of hydrogen-bond donors (Lipinski definition) is 2. The zero-order chi connectivity index (χ0) is 13.2. The SMILES string of the molecule is Oc1ccccc1-c1n[nH]c(-c2ccccc2F)n1. The second kappa shape index (κ2) is 4.53. The van der Waals surface area contributed by atoms with Gasteiger partial charge in [-0.25, -0.2) is 9.37 Å². The van der Waals surface area contributed by atoms with Crippen molar-refractivity contribution in [2.24, 2.45) is 0 Å². The topological polar surface area (TPSA) is 61.8 Å². The van der Waals surface area contributed by atoms with Crippen LogP contribution in [-0.2, 0) is 0 Å². The standard InChI is InChI=1S/C14H10FN3O/c15-11-7-3-1-5-9(11)13-16-14(18-17-13)10-6-2-4-8-12(10)19/h1-8,19H,(H,16,17,18). The maximum Gasteiger partial charge on any atom is 0.185 e. The summed E-state index contributed by atoms with van der Waals surface area (Å²) in [5.41, 5.74) is 0.845. The Balaban J connectivity index is 2.06. The van der Waals surface area contributed by atoms with Crippen LogP contribution in [0.2, 0.25) is 0 Å². The third-order valence-electron chi connectivity index (χ3n) is 2.76. The number of nitrogens with zero attached hydrogens (tertiary/aromatic N) is 2. The molecular weight excluding hydrogens is 245 g/mol. The molecule has 0 bridgehead atoms. The first kappa shape index (κ1) is 11.4. The Kier molecular flexibility index (Phi) is 2.72. The molecular formula is C14H10FN3O. The molecule has 2 aromatic carbocycles. The van der Waals surface area contributed by atoms with Gasteiger partial charge in [-0.05, 0) is 24.3 Å².